The molecule has 0 aliphatic heterocycles. The van der Waals surface area contributed by atoms with E-state index in [9.17, 15) is 19.5 Å². The predicted molar refractivity (Wildman–Crippen MR) is 116 cm³/mol. The van der Waals surface area contributed by atoms with Crippen molar-refractivity contribution in [3.8, 4) is 0 Å². The van der Waals surface area contributed by atoms with E-state index in [0.29, 0.717) is 12.0 Å². The predicted octanol–water partition coefficient (Wildman–Crippen LogP) is 3.73. The highest BCUT2D eigenvalue weighted by atomic mass is 79.9. The van der Waals surface area contributed by atoms with E-state index in [4.69, 9.17) is 4.74 Å². The minimum Gasteiger partial charge on any atom is -0.458 e. The summed E-state index contributed by atoms with van der Waals surface area (Å²) in [6.07, 6.45) is 3.78. The van der Waals surface area contributed by atoms with Gasteiger partial charge in [-0.15, -0.1) is 0 Å². The van der Waals surface area contributed by atoms with Gasteiger partial charge in [-0.1, -0.05) is 42.8 Å². The van der Waals surface area contributed by atoms with Gasteiger partial charge in [0, 0.05) is 18.3 Å². The van der Waals surface area contributed by atoms with Gasteiger partial charge < -0.3 is 9.84 Å². The van der Waals surface area contributed by atoms with Crippen molar-refractivity contribution in [3.05, 3.63) is 23.8 Å². The van der Waals surface area contributed by atoms with Crippen LogP contribution in [-0.2, 0) is 19.1 Å². The Kier molecular flexibility index (Phi) is 5.41. The summed E-state index contributed by atoms with van der Waals surface area (Å²) < 4.78 is 19.6. The molecule has 4 aliphatic carbocycles. The highest BCUT2D eigenvalue weighted by Crippen LogP contribution is 2.71. The number of hydrogen-bond acceptors (Lipinski definition) is 5. The third kappa shape index (κ3) is 3.05. The summed E-state index contributed by atoms with van der Waals surface area (Å²) in [6.45, 7) is 6.94. The van der Waals surface area contributed by atoms with Crippen LogP contribution >= 0.6 is 15.9 Å². The molecule has 0 unspecified atom stereocenters. The lowest BCUT2D eigenvalue weighted by Crippen LogP contribution is -2.67. The second-order valence-corrected chi connectivity index (χ2v) is 11.7. The number of esters is 1. The van der Waals surface area contributed by atoms with Crippen LogP contribution < -0.4 is 0 Å². The van der Waals surface area contributed by atoms with E-state index in [1.54, 1.807) is 6.08 Å². The van der Waals surface area contributed by atoms with Gasteiger partial charge in [-0.25, -0.2) is 4.39 Å². The standard InChI is InChI=1S/C24H30BrFO5/c1-12-7-15-16-9-18(26)17-8-14(28)5-6-23(17,4)24(16,25)20(30)10-22(15,3)21(12)19(29)11-31-13(2)27/h5-6,8,12,15-16,18,20-21,30H,7,9-11H2,1-4H3/t12-,15+,16+,18+,20+,21-,22+,23+,24+/m1/s1. The molecule has 0 radical (unpaired) electrons. The van der Waals surface area contributed by atoms with E-state index in [-0.39, 0.29) is 48.3 Å². The molecule has 1 N–H and O–H groups in total. The SMILES string of the molecule is CC(=O)OCC(=O)[C@H]1[C@H](C)C[C@H]2[C@@H]3C[C@H](F)C4=CC(=O)C=C[C@]4(C)[C@@]3(Br)[C@@H](O)C[C@@]21C. The van der Waals surface area contributed by atoms with Crippen molar-refractivity contribution in [3.63, 3.8) is 0 Å². The molecule has 0 aromatic rings. The fraction of sp³-hybridized carbons (Fsp3) is 0.708. The Morgan fingerprint density at radius 1 is 1.29 bits per heavy atom. The number of alkyl halides is 2. The number of aliphatic hydroxyl groups is 1. The summed E-state index contributed by atoms with van der Waals surface area (Å²) in [7, 11) is 0. The summed E-state index contributed by atoms with van der Waals surface area (Å²) in [5.41, 5.74) is -0.944. The Morgan fingerprint density at radius 3 is 2.61 bits per heavy atom. The number of carbonyl (C=O) groups is 3. The van der Waals surface area contributed by atoms with Crippen LogP contribution in [0.15, 0.2) is 23.8 Å². The average Bonchev–Trinajstić information content (AvgIpc) is 2.94. The van der Waals surface area contributed by atoms with Crippen LogP contribution in [0.4, 0.5) is 4.39 Å². The van der Waals surface area contributed by atoms with Crippen LogP contribution in [0.1, 0.15) is 47.0 Å². The molecular weight excluding hydrogens is 467 g/mol. The van der Waals surface area contributed by atoms with E-state index in [1.807, 2.05) is 20.8 Å². The first kappa shape index (κ1) is 22.8. The molecule has 0 bridgehead atoms. The molecule has 3 fully saturated rings. The first-order valence-electron chi connectivity index (χ1n) is 11.0. The lowest BCUT2D eigenvalue weighted by molar-refractivity contribution is -0.151. The zero-order chi connectivity index (χ0) is 22.9. The zero-order valence-corrected chi connectivity index (χ0v) is 19.9. The van der Waals surface area contributed by atoms with Crippen LogP contribution in [0.2, 0.25) is 0 Å². The Labute approximate surface area is 190 Å². The maximum absolute atomic E-state index is 15.5. The smallest absolute Gasteiger partial charge is 0.303 e. The topological polar surface area (TPSA) is 80.7 Å². The average molecular weight is 497 g/mol. The molecule has 0 saturated heterocycles. The van der Waals surface area contributed by atoms with Crippen LogP contribution in [0, 0.1) is 34.5 Å². The second kappa shape index (κ2) is 7.34. The van der Waals surface area contributed by atoms with E-state index < -0.39 is 33.4 Å². The van der Waals surface area contributed by atoms with Gasteiger partial charge in [0.2, 0.25) is 0 Å². The van der Waals surface area contributed by atoms with Crippen molar-refractivity contribution in [2.45, 2.75) is 63.6 Å². The quantitative estimate of drug-likeness (QED) is 0.475. The highest BCUT2D eigenvalue weighted by Gasteiger charge is 2.71. The molecule has 0 spiro atoms. The normalized spacial score (nSPS) is 48.4. The first-order chi connectivity index (χ1) is 14.4. The van der Waals surface area contributed by atoms with Crippen molar-refractivity contribution in [1.82, 2.24) is 0 Å². The molecule has 170 valence electrons. The number of fused-ring (bicyclic) bond motifs is 5. The van der Waals surface area contributed by atoms with Crippen molar-refractivity contribution >= 4 is 33.5 Å². The number of Topliss-reactive ketones (excluding diaryl/α,β-unsaturated/α-hetero) is 1. The van der Waals surface area contributed by atoms with Gasteiger partial charge >= 0.3 is 5.97 Å². The van der Waals surface area contributed by atoms with Crippen LogP contribution in [-0.4, -0.2) is 45.8 Å². The molecule has 31 heavy (non-hydrogen) atoms. The lowest BCUT2D eigenvalue weighted by Gasteiger charge is -2.64. The molecular formula is C24H30BrFO5. The molecule has 9 atom stereocenters. The summed E-state index contributed by atoms with van der Waals surface area (Å²) in [5.74, 6) is -1.40. The fourth-order valence-electron chi connectivity index (χ4n) is 7.52. The molecule has 4 rings (SSSR count). The summed E-state index contributed by atoms with van der Waals surface area (Å²) in [5, 5.41) is 11.5. The Bertz CT molecular complexity index is 898. The molecule has 3 saturated carbocycles. The fourth-order valence-corrected chi connectivity index (χ4v) is 8.55. The molecule has 0 heterocycles. The first-order valence-corrected chi connectivity index (χ1v) is 11.8. The van der Waals surface area contributed by atoms with Crippen LogP contribution in [0.5, 0.6) is 0 Å². The monoisotopic (exact) mass is 496 g/mol. The van der Waals surface area contributed by atoms with Crippen molar-refractivity contribution < 1.29 is 28.6 Å². The van der Waals surface area contributed by atoms with Gasteiger partial charge in [0.25, 0.3) is 0 Å². The maximum Gasteiger partial charge on any atom is 0.303 e. The minimum absolute atomic E-state index is 0.0132. The third-order valence-corrected chi connectivity index (χ3v) is 10.7. The van der Waals surface area contributed by atoms with Crippen LogP contribution in [0.25, 0.3) is 0 Å². The van der Waals surface area contributed by atoms with E-state index in [0.717, 1.165) is 6.42 Å². The number of hydrogen-bond donors (Lipinski definition) is 1. The number of rotatable bonds is 3. The van der Waals surface area contributed by atoms with Gasteiger partial charge in [-0.2, -0.15) is 0 Å². The Balaban J connectivity index is 1.74. The third-order valence-electron chi connectivity index (χ3n) is 8.73. The number of halogens is 2. The van der Waals surface area contributed by atoms with Gasteiger partial charge in [-0.3, -0.25) is 14.4 Å². The van der Waals surface area contributed by atoms with Gasteiger partial charge in [0.1, 0.15) is 12.8 Å². The number of allylic oxidation sites excluding steroid dienone is 4. The van der Waals surface area contributed by atoms with Gasteiger partial charge in [0.05, 0.1) is 10.4 Å². The van der Waals surface area contributed by atoms with Crippen molar-refractivity contribution in [2.75, 3.05) is 6.61 Å². The number of ether oxygens (including phenoxy) is 1. The van der Waals surface area contributed by atoms with E-state index >= 15 is 4.39 Å². The molecule has 7 heteroatoms. The van der Waals surface area contributed by atoms with Crippen molar-refractivity contribution in [2.24, 2.45) is 34.5 Å². The molecule has 0 aromatic carbocycles. The Morgan fingerprint density at radius 2 is 1.97 bits per heavy atom. The molecule has 4 aliphatic rings. The summed E-state index contributed by atoms with van der Waals surface area (Å²) >= 11 is 3.90. The zero-order valence-electron chi connectivity index (χ0n) is 18.4. The second-order valence-electron chi connectivity index (χ2n) is 10.4. The Hall–Kier alpha value is -1.34. The van der Waals surface area contributed by atoms with Crippen molar-refractivity contribution in [1.29, 1.82) is 0 Å². The van der Waals surface area contributed by atoms with E-state index in [1.165, 1.54) is 19.1 Å². The van der Waals surface area contributed by atoms with Crippen LogP contribution in [0.3, 0.4) is 0 Å². The number of aliphatic hydroxyl groups excluding tert-OH is 1. The number of carbonyl (C=O) groups excluding carboxylic acids is 3. The largest absolute Gasteiger partial charge is 0.458 e. The van der Waals surface area contributed by atoms with Gasteiger partial charge in [0.15, 0.2) is 11.6 Å². The molecule has 0 aromatic heterocycles. The number of ketones is 2. The lowest BCUT2D eigenvalue weighted by atomic mass is 9.46. The highest BCUT2D eigenvalue weighted by molar-refractivity contribution is 9.10. The van der Waals surface area contributed by atoms with E-state index in [2.05, 4.69) is 15.9 Å². The summed E-state index contributed by atoms with van der Waals surface area (Å²) in [6, 6.07) is 0. The summed E-state index contributed by atoms with van der Waals surface area (Å²) in [4.78, 5) is 36.3. The maximum atomic E-state index is 15.5. The molecule has 0 amide bonds. The molecule has 5 nitrogen and oxygen atoms in total. The minimum atomic E-state index is -1.28. The van der Waals surface area contributed by atoms with Gasteiger partial charge in [-0.05, 0) is 60.2 Å².